The molecule has 0 aromatic rings. The van der Waals surface area contributed by atoms with Crippen molar-refractivity contribution in [2.75, 3.05) is 6.61 Å². The van der Waals surface area contributed by atoms with Crippen LogP contribution in [0.1, 0.15) is 104 Å². The molecule has 0 aliphatic carbocycles. The van der Waals surface area contributed by atoms with Gasteiger partial charge in [0.05, 0.1) is 18.8 Å². The summed E-state index contributed by atoms with van der Waals surface area (Å²) in [7, 11) is -4.66. The lowest BCUT2D eigenvalue weighted by atomic mass is 10.0. The minimum absolute atomic E-state index is 0.279. The van der Waals surface area contributed by atoms with Gasteiger partial charge in [0.1, 0.15) is 0 Å². The van der Waals surface area contributed by atoms with Gasteiger partial charge in [-0.2, -0.15) is 0 Å². The molecule has 2 atom stereocenters. The average Bonchev–Trinajstić information content (AvgIpc) is 2.68. The maximum absolute atomic E-state index is 11.8. The van der Waals surface area contributed by atoms with E-state index in [9.17, 15) is 14.5 Å². The standard InChI is InChI=1S/C22H44NO6P/c1-3-5-6-7-8-9-10-11-12-13-14-15-16-18-21(24)20(19-29-30(26,27)28)23-22(25)17-4-2/h16,18,20-21,24H,3-15,17,19H2,1-2H3,(H,23,25)(H2,26,27,28)/b18-16+/t20-,21+/m0/s1. The number of hydrogen-bond acceptors (Lipinski definition) is 4. The zero-order valence-electron chi connectivity index (χ0n) is 18.9. The van der Waals surface area contributed by atoms with Gasteiger partial charge in [0.2, 0.25) is 5.91 Å². The molecule has 4 N–H and O–H groups in total. The molecule has 8 heteroatoms. The van der Waals surface area contributed by atoms with Crippen molar-refractivity contribution >= 4 is 13.7 Å². The number of carbonyl (C=O) groups is 1. The van der Waals surface area contributed by atoms with E-state index in [1.54, 1.807) is 6.08 Å². The Bertz CT molecular complexity index is 494. The van der Waals surface area contributed by atoms with Crippen molar-refractivity contribution < 1.29 is 28.8 Å². The van der Waals surface area contributed by atoms with Crippen LogP contribution in [0.15, 0.2) is 12.2 Å². The summed E-state index contributed by atoms with van der Waals surface area (Å²) in [6.07, 6.45) is 18.1. The number of amides is 1. The second-order valence-electron chi connectivity index (χ2n) is 7.95. The molecule has 0 heterocycles. The number of rotatable bonds is 20. The normalized spacial score (nSPS) is 14.2. The third-order valence-corrected chi connectivity index (χ3v) is 5.45. The van der Waals surface area contributed by atoms with Crippen LogP contribution >= 0.6 is 7.82 Å². The topological polar surface area (TPSA) is 116 Å². The van der Waals surface area contributed by atoms with Gasteiger partial charge in [0, 0.05) is 6.42 Å². The summed E-state index contributed by atoms with van der Waals surface area (Å²) in [5.74, 6) is -0.283. The molecule has 0 bridgehead atoms. The molecule has 0 spiro atoms. The molecule has 178 valence electrons. The molecule has 0 saturated carbocycles. The monoisotopic (exact) mass is 449 g/mol. The molecule has 0 fully saturated rings. The van der Waals surface area contributed by atoms with Crippen LogP contribution in [0, 0.1) is 0 Å². The van der Waals surface area contributed by atoms with Gasteiger partial charge in [-0.15, -0.1) is 0 Å². The Morgan fingerprint density at radius 2 is 1.47 bits per heavy atom. The van der Waals surface area contributed by atoms with Crippen LogP contribution in [0.4, 0.5) is 0 Å². The van der Waals surface area contributed by atoms with Gasteiger partial charge in [0.15, 0.2) is 0 Å². The van der Waals surface area contributed by atoms with Crippen LogP contribution < -0.4 is 5.32 Å². The Kier molecular flexibility index (Phi) is 18.5. The van der Waals surface area contributed by atoms with Crippen LogP contribution in [0.2, 0.25) is 0 Å². The fraction of sp³-hybridized carbons (Fsp3) is 0.864. The number of unbranched alkanes of at least 4 members (excludes halogenated alkanes) is 11. The van der Waals surface area contributed by atoms with E-state index in [4.69, 9.17) is 9.79 Å². The van der Waals surface area contributed by atoms with Crippen LogP contribution in [0.3, 0.4) is 0 Å². The van der Waals surface area contributed by atoms with E-state index in [0.717, 1.165) is 19.3 Å². The van der Waals surface area contributed by atoms with E-state index in [-0.39, 0.29) is 12.3 Å². The SMILES string of the molecule is CCCCCCCCCCCCC/C=C/[C@@H](O)[C@H](COP(=O)(O)O)NC(=O)CCC. The molecule has 0 saturated heterocycles. The third kappa shape index (κ3) is 19.3. The molecule has 7 nitrogen and oxygen atoms in total. The van der Waals surface area contributed by atoms with E-state index >= 15 is 0 Å². The number of hydrogen-bond donors (Lipinski definition) is 4. The highest BCUT2D eigenvalue weighted by Gasteiger charge is 2.24. The maximum Gasteiger partial charge on any atom is 0.469 e. The zero-order valence-corrected chi connectivity index (χ0v) is 19.8. The van der Waals surface area contributed by atoms with E-state index in [1.165, 1.54) is 57.8 Å². The highest BCUT2D eigenvalue weighted by atomic mass is 31.2. The Labute approximate surface area is 182 Å². The van der Waals surface area contributed by atoms with E-state index in [2.05, 4.69) is 16.8 Å². The molecule has 1 amide bonds. The zero-order chi connectivity index (χ0) is 22.7. The number of aliphatic hydroxyl groups is 1. The van der Waals surface area contributed by atoms with Gasteiger partial charge in [0.25, 0.3) is 0 Å². The lowest BCUT2D eigenvalue weighted by Gasteiger charge is -2.22. The Morgan fingerprint density at radius 3 is 1.97 bits per heavy atom. The Morgan fingerprint density at radius 1 is 0.933 bits per heavy atom. The molecular weight excluding hydrogens is 405 g/mol. The van der Waals surface area contributed by atoms with Crippen molar-refractivity contribution in [3.63, 3.8) is 0 Å². The summed E-state index contributed by atoms with van der Waals surface area (Å²) >= 11 is 0. The van der Waals surface area contributed by atoms with Crippen molar-refractivity contribution in [1.29, 1.82) is 0 Å². The van der Waals surface area contributed by atoms with Gasteiger partial charge in [-0.25, -0.2) is 4.57 Å². The molecule has 30 heavy (non-hydrogen) atoms. The number of aliphatic hydroxyl groups excluding tert-OH is 1. The fourth-order valence-electron chi connectivity index (χ4n) is 3.21. The predicted molar refractivity (Wildman–Crippen MR) is 121 cm³/mol. The molecule has 0 unspecified atom stereocenters. The molecule has 0 aromatic heterocycles. The lowest BCUT2D eigenvalue weighted by molar-refractivity contribution is -0.122. The first-order valence-electron chi connectivity index (χ1n) is 11.6. The largest absolute Gasteiger partial charge is 0.469 e. The minimum Gasteiger partial charge on any atom is -0.387 e. The summed E-state index contributed by atoms with van der Waals surface area (Å²) < 4.78 is 15.4. The predicted octanol–water partition coefficient (Wildman–Crippen LogP) is 5.00. The van der Waals surface area contributed by atoms with Crippen molar-refractivity contribution in [3.05, 3.63) is 12.2 Å². The summed E-state index contributed by atoms with van der Waals surface area (Å²) in [4.78, 5) is 29.5. The Hall–Kier alpha value is -0.720. The van der Waals surface area contributed by atoms with Crippen molar-refractivity contribution in [2.24, 2.45) is 0 Å². The first kappa shape index (κ1) is 29.3. The van der Waals surface area contributed by atoms with E-state index in [1.807, 2.05) is 13.0 Å². The minimum atomic E-state index is -4.66. The Balaban J connectivity index is 4.01. The second kappa shape index (κ2) is 19.0. The first-order chi connectivity index (χ1) is 14.3. The molecule has 0 radical (unpaired) electrons. The highest BCUT2D eigenvalue weighted by Crippen LogP contribution is 2.35. The maximum atomic E-state index is 11.8. The number of carbonyl (C=O) groups excluding carboxylic acids is 1. The number of nitrogens with one attached hydrogen (secondary N) is 1. The summed E-state index contributed by atoms with van der Waals surface area (Å²) in [6, 6.07) is -0.898. The van der Waals surface area contributed by atoms with Crippen LogP contribution in [0.25, 0.3) is 0 Å². The highest BCUT2D eigenvalue weighted by molar-refractivity contribution is 7.46. The summed E-state index contributed by atoms with van der Waals surface area (Å²) in [5, 5.41) is 12.8. The fourth-order valence-corrected chi connectivity index (χ4v) is 3.56. The van der Waals surface area contributed by atoms with Gasteiger partial charge in [-0.1, -0.05) is 90.2 Å². The lowest BCUT2D eigenvalue weighted by Crippen LogP contribution is -2.45. The van der Waals surface area contributed by atoms with Gasteiger partial charge >= 0.3 is 7.82 Å². The summed E-state index contributed by atoms with van der Waals surface area (Å²) in [6.45, 7) is 3.63. The first-order valence-corrected chi connectivity index (χ1v) is 13.2. The second-order valence-corrected chi connectivity index (χ2v) is 9.19. The van der Waals surface area contributed by atoms with Crippen molar-refractivity contribution in [3.8, 4) is 0 Å². The molecule has 0 rings (SSSR count). The van der Waals surface area contributed by atoms with Crippen LogP contribution in [-0.4, -0.2) is 39.6 Å². The van der Waals surface area contributed by atoms with E-state index < -0.39 is 26.6 Å². The molecule has 0 aliphatic heterocycles. The molecule has 0 aromatic carbocycles. The quantitative estimate of drug-likeness (QED) is 0.118. The van der Waals surface area contributed by atoms with Crippen molar-refractivity contribution in [2.45, 2.75) is 116 Å². The van der Waals surface area contributed by atoms with Crippen LogP contribution in [-0.2, 0) is 13.9 Å². The smallest absolute Gasteiger partial charge is 0.387 e. The molecular formula is C22H44NO6P. The van der Waals surface area contributed by atoms with Gasteiger partial charge in [-0.3, -0.25) is 9.32 Å². The molecule has 0 aliphatic rings. The number of allylic oxidation sites excluding steroid dienone is 1. The van der Waals surface area contributed by atoms with Gasteiger partial charge < -0.3 is 20.2 Å². The number of phosphoric acid groups is 1. The third-order valence-electron chi connectivity index (χ3n) is 4.97. The van der Waals surface area contributed by atoms with Crippen molar-refractivity contribution in [1.82, 2.24) is 5.32 Å². The average molecular weight is 450 g/mol. The van der Waals surface area contributed by atoms with Crippen LogP contribution in [0.5, 0.6) is 0 Å². The van der Waals surface area contributed by atoms with Gasteiger partial charge in [-0.05, 0) is 19.3 Å². The number of phosphoric ester groups is 1. The van der Waals surface area contributed by atoms with E-state index in [0.29, 0.717) is 6.42 Å². The summed E-state index contributed by atoms with van der Waals surface area (Å²) in [5.41, 5.74) is 0.